The van der Waals surface area contributed by atoms with E-state index in [0.717, 1.165) is 12.8 Å². The lowest BCUT2D eigenvalue weighted by Gasteiger charge is -2.35. The van der Waals surface area contributed by atoms with Crippen molar-refractivity contribution < 1.29 is 14.7 Å². The van der Waals surface area contributed by atoms with Gasteiger partial charge in [-0.05, 0) is 32.1 Å². The minimum absolute atomic E-state index is 0.0919. The first-order chi connectivity index (χ1) is 9.97. The molecule has 7 nitrogen and oxygen atoms in total. The fraction of sp³-hybridized carbons (Fsp3) is 0.769. The number of likely N-dealkylation sites (tertiary alicyclic amines) is 1. The molecule has 0 aromatic carbocycles. The third kappa shape index (κ3) is 5.45. The number of nitrogens with zero attached hydrogens (tertiary/aromatic N) is 1. The molecule has 2 atom stereocenters. The number of rotatable bonds is 7. The molecule has 0 aliphatic carbocycles. The number of carbonyl (C=O) groups excluding carboxylic acids is 1. The Labute approximate surface area is 130 Å². The van der Waals surface area contributed by atoms with E-state index in [2.05, 4.69) is 17.9 Å². The number of guanidine groups is 1. The summed E-state index contributed by atoms with van der Waals surface area (Å²) < 4.78 is 0. The summed E-state index contributed by atoms with van der Waals surface area (Å²) in [6.07, 6.45) is 3.50. The minimum Gasteiger partial charge on any atom is -0.480 e. The summed E-state index contributed by atoms with van der Waals surface area (Å²) in [5.74, 6) is -1.05. The van der Waals surface area contributed by atoms with E-state index in [4.69, 9.17) is 11.1 Å². The predicted molar refractivity (Wildman–Crippen MR) is 83.5 cm³/mol. The van der Waals surface area contributed by atoms with Gasteiger partial charge >= 0.3 is 5.97 Å². The van der Waals surface area contributed by atoms with Gasteiger partial charge < -0.3 is 21.1 Å². The van der Waals surface area contributed by atoms with Crippen molar-refractivity contribution in [2.45, 2.75) is 38.1 Å². The highest BCUT2D eigenvalue weighted by Gasteiger charge is 2.34. The monoisotopic (exact) mass is 316 g/mol. The first kappa shape index (κ1) is 17.6. The zero-order valence-electron chi connectivity index (χ0n) is 12.0. The van der Waals surface area contributed by atoms with Gasteiger partial charge in [0.2, 0.25) is 5.91 Å². The molecule has 0 bridgehead atoms. The Morgan fingerprint density at radius 3 is 2.76 bits per heavy atom. The van der Waals surface area contributed by atoms with Crippen LogP contribution in [-0.2, 0) is 9.59 Å². The molecular formula is C13H24N4O3S. The van der Waals surface area contributed by atoms with E-state index in [1.165, 1.54) is 4.90 Å². The smallest absolute Gasteiger partial charge is 0.326 e. The van der Waals surface area contributed by atoms with Crippen molar-refractivity contribution in [1.29, 1.82) is 5.41 Å². The summed E-state index contributed by atoms with van der Waals surface area (Å²) in [5, 5.41) is 19.0. The Kier molecular flexibility index (Phi) is 7.35. The third-order valence-corrected chi connectivity index (χ3v) is 4.13. The molecule has 2 unspecified atom stereocenters. The molecular weight excluding hydrogens is 292 g/mol. The van der Waals surface area contributed by atoms with E-state index >= 15 is 0 Å². The van der Waals surface area contributed by atoms with Crippen LogP contribution in [0.2, 0.25) is 0 Å². The van der Waals surface area contributed by atoms with E-state index < -0.39 is 12.0 Å². The molecule has 1 saturated heterocycles. The fourth-order valence-electron chi connectivity index (χ4n) is 2.55. The Morgan fingerprint density at radius 1 is 1.48 bits per heavy atom. The van der Waals surface area contributed by atoms with Gasteiger partial charge in [0.15, 0.2) is 5.96 Å². The maximum atomic E-state index is 12.5. The van der Waals surface area contributed by atoms with E-state index in [9.17, 15) is 14.7 Å². The molecule has 1 fully saturated rings. The van der Waals surface area contributed by atoms with Crippen molar-refractivity contribution >= 4 is 30.5 Å². The number of aliphatic carboxylic acids is 1. The Morgan fingerprint density at radius 2 is 2.19 bits per heavy atom. The molecule has 1 heterocycles. The number of hydrogen-bond donors (Lipinski definition) is 5. The Hall–Kier alpha value is -1.44. The number of nitrogens with two attached hydrogens (primary N) is 1. The summed E-state index contributed by atoms with van der Waals surface area (Å²) >= 11 is 4.22. The van der Waals surface area contributed by atoms with Crippen LogP contribution in [0.1, 0.15) is 32.1 Å². The lowest BCUT2D eigenvalue weighted by molar-refractivity contribution is -0.153. The van der Waals surface area contributed by atoms with Crippen LogP contribution in [0, 0.1) is 11.3 Å². The molecule has 21 heavy (non-hydrogen) atoms. The fourth-order valence-corrected chi connectivity index (χ4v) is 2.89. The summed E-state index contributed by atoms with van der Waals surface area (Å²) in [6, 6.07) is -0.705. The number of piperidine rings is 1. The second kappa shape index (κ2) is 8.76. The van der Waals surface area contributed by atoms with Crippen molar-refractivity contribution in [3.8, 4) is 0 Å². The number of hydrogen-bond acceptors (Lipinski definition) is 4. The lowest BCUT2D eigenvalue weighted by Crippen LogP contribution is -2.50. The van der Waals surface area contributed by atoms with Crippen LogP contribution in [-0.4, -0.2) is 52.7 Å². The molecule has 1 rings (SSSR count). The number of nitrogens with one attached hydrogen (secondary N) is 2. The highest BCUT2D eigenvalue weighted by atomic mass is 32.1. The van der Waals surface area contributed by atoms with Gasteiger partial charge in [-0.1, -0.05) is 0 Å². The van der Waals surface area contributed by atoms with E-state index in [-0.39, 0.29) is 17.8 Å². The van der Waals surface area contributed by atoms with Crippen LogP contribution in [0.4, 0.5) is 0 Å². The van der Waals surface area contributed by atoms with Crippen LogP contribution in [0.25, 0.3) is 0 Å². The van der Waals surface area contributed by atoms with E-state index in [1.54, 1.807) is 0 Å². The van der Waals surface area contributed by atoms with Gasteiger partial charge in [0, 0.05) is 24.8 Å². The zero-order chi connectivity index (χ0) is 15.8. The normalized spacial score (nSPS) is 19.9. The molecule has 0 aromatic heterocycles. The van der Waals surface area contributed by atoms with Crippen LogP contribution in [0.5, 0.6) is 0 Å². The summed E-state index contributed by atoms with van der Waals surface area (Å²) in [7, 11) is 0. The van der Waals surface area contributed by atoms with Crippen molar-refractivity contribution in [3.63, 3.8) is 0 Å². The van der Waals surface area contributed by atoms with Crippen molar-refractivity contribution in [2.24, 2.45) is 11.7 Å². The number of amides is 1. The molecule has 8 heteroatoms. The standard InChI is InChI=1S/C13H24N4O3S/c14-13(15)16-6-3-4-9(8-21)11(18)17-7-2-1-5-10(17)12(19)20/h9-10,21H,1-8H2,(H,19,20)(H4,14,15,16). The SMILES string of the molecule is N=C(N)NCCCC(CS)C(=O)N1CCCCC1C(=O)O. The largest absolute Gasteiger partial charge is 0.480 e. The molecule has 120 valence electrons. The highest BCUT2D eigenvalue weighted by molar-refractivity contribution is 7.80. The minimum atomic E-state index is -0.931. The first-order valence-electron chi connectivity index (χ1n) is 7.19. The van der Waals surface area contributed by atoms with E-state index in [0.29, 0.717) is 38.1 Å². The molecule has 0 radical (unpaired) electrons. The molecule has 0 spiro atoms. The molecule has 0 saturated carbocycles. The van der Waals surface area contributed by atoms with Crippen molar-refractivity contribution in [3.05, 3.63) is 0 Å². The number of thiol groups is 1. The van der Waals surface area contributed by atoms with Gasteiger partial charge in [0.1, 0.15) is 6.04 Å². The van der Waals surface area contributed by atoms with Gasteiger partial charge in [-0.15, -0.1) is 0 Å². The molecule has 1 amide bonds. The molecule has 1 aliphatic heterocycles. The van der Waals surface area contributed by atoms with Crippen LogP contribution < -0.4 is 11.1 Å². The van der Waals surface area contributed by atoms with Crippen LogP contribution >= 0.6 is 12.6 Å². The summed E-state index contributed by atoms with van der Waals surface area (Å²) in [4.78, 5) is 25.2. The second-order valence-electron chi connectivity index (χ2n) is 5.24. The number of carboxylic acid groups (broad SMARTS) is 1. The van der Waals surface area contributed by atoms with Gasteiger partial charge in [-0.25, -0.2) is 4.79 Å². The molecule has 0 aromatic rings. The number of carboxylic acids is 1. The van der Waals surface area contributed by atoms with Crippen LogP contribution in [0.3, 0.4) is 0 Å². The lowest BCUT2D eigenvalue weighted by atomic mass is 9.97. The topological polar surface area (TPSA) is 120 Å². The van der Waals surface area contributed by atoms with E-state index in [1.807, 2.05) is 0 Å². The van der Waals surface area contributed by atoms with Crippen molar-refractivity contribution in [2.75, 3.05) is 18.8 Å². The van der Waals surface area contributed by atoms with Crippen molar-refractivity contribution in [1.82, 2.24) is 10.2 Å². The number of carbonyl (C=O) groups is 2. The van der Waals surface area contributed by atoms with Crippen LogP contribution in [0.15, 0.2) is 0 Å². The zero-order valence-corrected chi connectivity index (χ0v) is 12.9. The van der Waals surface area contributed by atoms with Gasteiger partial charge in [0.05, 0.1) is 0 Å². The second-order valence-corrected chi connectivity index (χ2v) is 5.61. The average molecular weight is 316 g/mol. The predicted octanol–water partition coefficient (Wildman–Crippen LogP) is 0.261. The maximum absolute atomic E-state index is 12.5. The van der Waals surface area contributed by atoms with Gasteiger partial charge in [-0.3, -0.25) is 10.2 Å². The maximum Gasteiger partial charge on any atom is 0.326 e. The Balaban J connectivity index is 2.55. The first-order valence-corrected chi connectivity index (χ1v) is 7.82. The van der Waals surface area contributed by atoms with Gasteiger partial charge in [-0.2, -0.15) is 12.6 Å². The Bertz CT molecular complexity index is 392. The summed E-state index contributed by atoms with van der Waals surface area (Å²) in [5.41, 5.74) is 5.19. The molecule has 1 aliphatic rings. The quantitative estimate of drug-likeness (QED) is 0.200. The third-order valence-electron chi connectivity index (χ3n) is 3.69. The van der Waals surface area contributed by atoms with Gasteiger partial charge in [0.25, 0.3) is 0 Å². The average Bonchev–Trinajstić information content (AvgIpc) is 2.46. The summed E-state index contributed by atoms with van der Waals surface area (Å²) in [6.45, 7) is 1.03. The highest BCUT2D eigenvalue weighted by Crippen LogP contribution is 2.22. The molecule has 5 N–H and O–H groups in total.